The zero-order valence-electron chi connectivity index (χ0n) is 12.0. The van der Waals surface area contributed by atoms with Gasteiger partial charge in [0.05, 0.1) is 0 Å². The molecule has 1 aliphatic rings. The topological polar surface area (TPSA) is 66.8 Å². The van der Waals surface area contributed by atoms with Crippen LogP contribution in [0.5, 0.6) is 0 Å². The maximum Gasteiger partial charge on any atom is 0.410 e. The van der Waals surface area contributed by atoms with Gasteiger partial charge in [0.25, 0.3) is 0 Å². The van der Waals surface area contributed by atoms with Gasteiger partial charge in [0.2, 0.25) is 0 Å². The van der Waals surface area contributed by atoms with Gasteiger partial charge < -0.3 is 9.84 Å². The van der Waals surface area contributed by atoms with Gasteiger partial charge in [-0.05, 0) is 18.9 Å². The van der Waals surface area contributed by atoms with Crippen molar-refractivity contribution in [2.24, 2.45) is 0 Å². The van der Waals surface area contributed by atoms with Crippen molar-refractivity contribution in [1.82, 2.24) is 4.90 Å². The van der Waals surface area contributed by atoms with E-state index in [1.165, 1.54) is 11.0 Å². The van der Waals surface area contributed by atoms with Crippen molar-refractivity contribution in [2.75, 3.05) is 13.2 Å². The third kappa shape index (κ3) is 3.24. The van der Waals surface area contributed by atoms with Crippen LogP contribution in [0.4, 0.5) is 4.79 Å². The van der Waals surface area contributed by atoms with E-state index in [1.807, 2.05) is 31.2 Å². The maximum absolute atomic E-state index is 11.9. The lowest BCUT2D eigenvalue weighted by Crippen LogP contribution is -2.43. The molecule has 0 bridgehead atoms. The van der Waals surface area contributed by atoms with Crippen LogP contribution in [0.1, 0.15) is 23.5 Å². The molecular formula is C16H19NO4. The van der Waals surface area contributed by atoms with Gasteiger partial charge in [-0.15, -0.1) is 0 Å². The Morgan fingerprint density at radius 2 is 2.10 bits per heavy atom. The molecule has 1 aromatic carbocycles. The molecule has 1 fully saturated rings. The molecule has 1 aliphatic heterocycles. The number of aliphatic carboxylic acids is 1. The van der Waals surface area contributed by atoms with Crippen LogP contribution in [0.3, 0.4) is 0 Å². The van der Waals surface area contributed by atoms with Crippen LogP contribution in [0, 0.1) is 6.92 Å². The van der Waals surface area contributed by atoms with E-state index in [-0.39, 0.29) is 12.5 Å². The second kappa shape index (κ2) is 6.43. The third-order valence-electron chi connectivity index (χ3n) is 3.72. The standard InChI is InChI=1S/C16H19NO4/c1-3-10-21-16(20)17-9-8-13(14(17)15(18)19)12-6-4-11(2)5-7-12/h3-7,13-14H,1,8-10H2,2H3,(H,18,19). The van der Waals surface area contributed by atoms with E-state index in [9.17, 15) is 14.7 Å². The second-order valence-electron chi connectivity index (χ2n) is 5.15. The molecule has 1 aromatic rings. The number of carbonyl (C=O) groups is 2. The van der Waals surface area contributed by atoms with Crippen LogP contribution in [0.25, 0.3) is 0 Å². The van der Waals surface area contributed by atoms with Crippen LogP contribution in [-0.4, -0.2) is 41.3 Å². The first-order chi connectivity index (χ1) is 10.0. The number of rotatable bonds is 4. The minimum atomic E-state index is -1.01. The zero-order valence-corrected chi connectivity index (χ0v) is 12.0. The van der Waals surface area contributed by atoms with Crippen LogP contribution in [-0.2, 0) is 9.53 Å². The second-order valence-corrected chi connectivity index (χ2v) is 5.15. The molecule has 5 heteroatoms. The number of ether oxygens (including phenoxy) is 1. The Kier molecular flexibility index (Phi) is 4.62. The Labute approximate surface area is 123 Å². The number of carboxylic acids is 1. The summed E-state index contributed by atoms with van der Waals surface area (Å²) in [7, 11) is 0. The monoisotopic (exact) mass is 289 g/mol. The predicted octanol–water partition coefficient (Wildman–Crippen LogP) is 2.56. The summed E-state index contributed by atoms with van der Waals surface area (Å²) in [5.74, 6) is -1.21. The van der Waals surface area contributed by atoms with Crippen molar-refractivity contribution in [3.05, 3.63) is 48.0 Å². The number of carbonyl (C=O) groups excluding carboxylic acids is 1. The molecule has 0 aromatic heterocycles. The molecule has 1 heterocycles. The van der Waals surface area contributed by atoms with E-state index in [1.54, 1.807) is 0 Å². The molecule has 112 valence electrons. The summed E-state index contributed by atoms with van der Waals surface area (Å²) < 4.78 is 4.96. The lowest BCUT2D eigenvalue weighted by atomic mass is 9.91. The molecule has 21 heavy (non-hydrogen) atoms. The number of likely N-dealkylation sites (tertiary alicyclic amines) is 1. The molecule has 5 nitrogen and oxygen atoms in total. The van der Waals surface area contributed by atoms with E-state index in [0.29, 0.717) is 13.0 Å². The number of benzene rings is 1. The molecule has 0 radical (unpaired) electrons. The van der Waals surface area contributed by atoms with E-state index in [0.717, 1.165) is 11.1 Å². The minimum absolute atomic E-state index is 0.0802. The van der Waals surface area contributed by atoms with Crippen molar-refractivity contribution < 1.29 is 19.4 Å². The first-order valence-electron chi connectivity index (χ1n) is 6.88. The molecular weight excluding hydrogens is 270 g/mol. The van der Waals surface area contributed by atoms with Crippen molar-refractivity contribution >= 4 is 12.1 Å². The number of carboxylic acid groups (broad SMARTS) is 1. The van der Waals surface area contributed by atoms with E-state index in [4.69, 9.17) is 4.74 Å². The van der Waals surface area contributed by atoms with Gasteiger partial charge in [-0.25, -0.2) is 9.59 Å². The molecule has 0 saturated carbocycles. The Balaban J connectivity index is 2.20. The average molecular weight is 289 g/mol. The summed E-state index contributed by atoms with van der Waals surface area (Å²) in [6.45, 7) is 5.91. The first-order valence-corrected chi connectivity index (χ1v) is 6.88. The van der Waals surface area contributed by atoms with Gasteiger partial charge in [-0.1, -0.05) is 42.5 Å². The third-order valence-corrected chi connectivity index (χ3v) is 3.72. The average Bonchev–Trinajstić information content (AvgIpc) is 2.90. The lowest BCUT2D eigenvalue weighted by Gasteiger charge is -2.24. The van der Waals surface area contributed by atoms with Crippen LogP contribution in [0.15, 0.2) is 36.9 Å². The molecule has 0 spiro atoms. The Bertz CT molecular complexity index is 538. The fourth-order valence-electron chi connectivity index (χ4n) is 2.68. The van der Waals surface area contributed by atoms with Gasteiger partial charge in [-0.3, -0.25) is 4.90 Å². The van der Waals surface area contributed by atoms with Crippen molar-refractivity contribution in [2.45, 2.75) is 25.3 Å². The van der Waals surface area contributed by atoms with Crippen LogP contribution in [0.2, 0.25) is 0 Å². The van der Waals surface area contributed by atoms with Gasteiger partial charge in [0.15, 0.2) is 0 Å². The summed E-state index contributed by atoms with van der Waals surface area (Å²) in [6, 6.07) is 6.87. The summed E-state index contributed by atoms with van der Waals surface area (Å²) in [6.07, 6.45) is 1.47. The van der Waals surface area contributed by atoms with Crippen molar-refractivity contribution in [3.63, 3.8) is 0 Å². The SMILES string of the molecule is C=CCOC(=O)N1CCC(c2ccc(C)cc2)C1C(=O)O. The summed E-state index contributed by atoms with van der Waals surface area (Å²) in [5, 5.41) is 9.47. The highest BCUT2D eigenvalue weighted by molar-refractivity contribution is 5.82. The number of hydrogen-bond donors (Lipinski definition) is 1. The highest BCUT2D eigenvalue weighted by Gasteiger charge is 2.43. The molecule has 1 N–H and O–H groups in total. The first kappa shape index (κ1) is 15.1. The van der Waals surface area contributed by atoms with Gasteiger partial charge in [0.1, 0.15) is 12.6 Å². The van der Waals surface area contributed by atoms with Crippen molar-refractivity contribution in [3.8, 4) is 0 Å². The Morgan fingerprint density at radius 3 is 2.67 bits per heavy atom. The van der Waals surface area contributed by atoms with Crippen molar-refractivity contribution in [1.29, 1.82) is 0 Å². The number of nitrogens with zero attached hydrogens (tertiary/aromatic N) is 1. The highest BCUT2D eigenvalue weighted by Crippen LogP contribution is 2.34. The minimum Gasteiger partial charge on any atom is -0.480 e. The predicted molar refractivity (Wildman–Crippen MR) is 78.2 cm³/mol. The van der Waals surface area contributed by atoms with Gasteiger partial charge in [-0.2, -0.15) is 0 Å². The lowest BCUT2D eigenvalue weighted by molar-refractivity contribution is -0.142. The van der Waals surface area contributed by atoms with Gasteiger partial charge in [0, 0.05) is 12.5 Å². The van der Waals surface area contributed by atoms with Gasteiger partial charge >= 0.3 is 12.1 Å². The maximum atomic E-state index is 11.9. The largest absolute Gasteiger partial charge is 0.480 e. The van der Waals surface area contributed by atoms with E-state index in [2.05, 4.69) is 6.58 Å². The molecule has 2 atom stereocenters. The molecule has 2 rings (SSSR count). The smallest absolute Gasteiger partial charge is 0.410 e. The molecule has 0 aliphatic carbocycles. The number of hydrogen-bond acceptors (Lipinski definition) is 3. The fourth-order valence-corrected chi connectivity index (χ4v) is 2.68. The Hall–Kier alpha value is -2.30. The molecule has 1 amide bonds. The summed E-state index contributed by atoms with van der Waals surface area (Å²) >= 11 is 0. The number of amides is 1. The summed E-state index contributed by atoms with van der Waals surface area (Å²) in [4.78, 5) is 24.8. The normalized spacial score (nSPS) is 21.1. The Morgan fingerprint density at radius 1 is 1.43 bits per heavy atom. The number of aryl methyl sites for hydroxylation is 1. The summed E-state index contributed by atoms with van der Waals surface area (Å²) in [5.41, 5.74) is 2.05. The van der Waals surface area contributed by atoms with E-state index < -0.39 is 18.1 Å². The van der Waals surface area contributed by atoms with E-state index >= 15 is 0 Å². The van der Waals surface area contributed by atoms with Crippen LogP contribution >= 0.6 is 0 Å². The fraction of sp³-hybridized carbons (Fsp3) is 0.375. The van der Waals surface area contributed by atoms with Crippen LogP contribution < -0.4 is 0 Å². The quantitative estimate of drug-likeness (QED) is 0.865. The highest BCUT2D eigenvalue weighted by atomic mass is 16.6. The molecule has 1 saturated heterocycles. The molecule has 2 unspecified atom stereocenters. The zero-order chi connectivity index (χ0) is 15.4.